The fraction of sp³-hybridized carbons (Fsp3) is 0.429. The summed E-state index contributed by atoms with van der Waals surface area (Å²) in [5.41, 5.74) is 1.23. The van der Waals surface area contributed by atoms with Crippen molar-refractivity contribution in [2.24, 2.45) is 0 Å². The van der Waals surface area contributed by atoms with Crippen molar-refractivity contribution in [1.82, 2.24) is 9.80 Å². The minimum atomic E-state index is -4.33. The third-order valence-electron chi connectivity index (χ3n) is 4.98. The predicted octanol–water partition coefficient (Wildman–Crippen LogP) is 4.08. The number of halogens is 4. The van der Waals surface area contributed by atoms with Crippen molar-refractivity contribution in [3.8, 4) is 0 Å². The summed E-state index contributed by atoms with van der Waals surface area (Å²) in [5, 5.41) is 11.1. The van der Waals surface area contributed by atoms with Gasteiger partial charge in [-0.1, -0.05) is 35.9 Å². The maximum atomic E-state index is 12.6. The average molecular weight is 413 g/mol. The third kappa shape index (κ3) is 6.21. The molecule has 0 aliphatic carbocycles. The molecule has 2 aromatic carbocycles. The van der Waals surface area contributed by atoms with Crippen molar-refractivity contribution in [2.45, 2.75) is 25.2 Å². The maximum Gasteiger partial charge on any atom is 0.416 e. The van der Waals surface area contributed by atoms with Crippen LogP contribution in [0.2, 0.25) is 5.02 Å². The number of β-amino-alcohol motifs (C(OH)–C–C–N with tert-alkyl or cyclic N) is 1. The SMILES string of the molecule is O[C@@H](Cc1ccc(C(F)(F)F)cc1)CN1CCN(Cc2cccc(Cl)c2)CC1. The molecule has 1 saturated heterocycles. The summed E-state index contributed by atoms with van der Waals surface area (Å²) in [5.74, 6) is 0. The Bertz CT molecular complexity index is 759. The monoisotopic (exact) mass is 412 g/mol. The van der Waals surface area contributed by atoms with Gasteiger partial charge in [0.2, 0.25) is 0 Å². The van der Waals surface area contributed by atoms with Crippen LogP contribution in [-0.2, 0) is 19.1 Å². The topological polar surface area (TPSA) is 26.7 Å². The smallest absolute Gasteiger partial charge is 0.391 e. The zero-order chi connectivity index (χ0) is 20.1. The van der Waals surface area contributed by atoms with Gasteiger partial charge in [-0.15, -0.1) is 0 Å². The first-order valence-corrected chi connectivity index (χ1v) is 9.71. The molecule has 0 amide bonds. The Labute approximate surface area is 168 Å². The second-order valence-electron chi connectivity index (χ2n) is 7.26. The summed E-state index contributed by atoms with van der Waals surface area (Å²) < 4.78 is 37.8. The molecule has 0 aromatic heterocycles. The van der Waals surface area contributed by atoms with Crippen LogP contribution in [0.1, 0.15) is 16.7 Å². The van der Waals surface area contributed by atoms with Crippen LogP contribution in [0.25, 0.3) is 0 Å². The molecule has 1 heterocycles. The lowest BCUT2D eigenvalue weighted by atomic mass is 10.0. The zero-order valence-electron chi connectivity index (χ0n) is 15.5. The normalized spacial score (nSPS) is 17.6. The molecule has 1 aliphatic heterocycles. The molecule has 28 heavy (non-hydrogen) atoms. The Balaban J connectivity index is 1.43. The minimum Gasteiger partial charge on any atom is -0.391 e. The molecule has 2 aromatic rings. The number of alkyl halides is 3. The highest BCUT2D eigenvalue weighted by Crippen LogP contribution is 2.29. The van der Waals surface area contributed by atoms with Crippen LogP contribution in [-0.4, -0.2) is 53.7 Å². The van der Waals surface area contributed by atoms with E-state index in [2.05, 4.69) is 15.9 Å². The van der Waals surface area contributed by atoms with E-state index in [0.29, 0.717) is 18.5 Å². The largest absolute Gasteiger partial charge is 0.416 e. The van der Waals surface area contributed by atoms with E-state index in [-0.39, 0.29) is 0 Å². The molecule has 0 spiro atoms. The molecule has 152 valence electrons. The highest BCUT2D eigenvalue weighted by Gasteiger charge is 2.30. The Kier molecular flexibility index (Phi) is 6.99. The van der Waals surface area contributed by atoms with E-state index in [0.717, 1.165) is 49.9 Å². The number of piperazine rings is 1. The van der Waals surface area contributed by atoms with Gasteiger partial charge in [0, 0.05) is 44.3 Å². The Hall–Kier alpha value is -1.60. The summed E-state index contributed by atoms with van der Waals surface area (Å²) >= 11 is 6.03. The van der Waals surface area contributed by atoms with E-state index >= 15 is 0 Å². The van der Waals surface area contributed by atoms with Gasteiger partial charge in [-0.3, -0.25) is 9.80 Å². The molecule has 1 fully saturated rings. The Morgan fingerprint density at radius 1 is 0.929 bits per heavy atom. The van der Waals surface area contributed by atoms with Crippen LogP contribution in [0.4, 0.5) is 13.2 Å². The lowest BCUT2D eigenvalue weighted by molar-refractivity contribution is -0.137. The number of rotatable bonds is 6. The van der Waals surface area contributed by atoms with Gasteiger partial charge in [0.1, 0.15) is 0 Å². The van der Waals surface area contributed by atoms with Crippen LogP contribution in [0.3, 0.4) is 0 Å². The van der Waals surface area contributed by atoms with Gasteiger partial charge in [0.05, 0.1) is 11.7 Å². The lowest BCUT2D eigenvalue weighted by Gasteiger charge is -2.35. The van der Waals surface area contributed by atoms with Crippen molar-refractivity contribution in [1.29, 1.82) is 0 Å². The second-order valence-corrected chi connectivity index (χ2v) is 7.70. The fourth-order valence-electron chi connectivity index (χ4n) is 3.49. The third-order valence-corrected chi connectivity index (χ3v) is 5.22. The van der Waals surface area contributed by atoms with Gasteiger partial charge in [0.15, 0.2) is 0 Å². The molecule has 1 atom stereocenters. The van der Waals surface area contributed by atoms with Crippen LogP contribution in [0, 0.1) is 0 Å². The molecule has 0 unspecified atom stereocenters. The molecule has 0 bridgehead atoms. The first kappa shape index (κ1) is 21.1. The van der Waals surface area contributed by atoms with Gasteiger partial charge in [-0.05, 0) is 41.8 Å². The molecule has 3 nitrogen and oxygen atoms in total. The number of nitrogens with zero attached hydrogens (tertiary/aromatic N) is 2. The summed E-state index contributed by atoms with van der Waals surface area (Å²) in [6.45, 7) is 4.88. The molecule has 0 saturated carbocycles. The van der Waals surface area contributed by atoms with Gasteiger partial charge in [-0.2, -0.15) is 13.2 Å². The van der Waals surface area contributed by atoms with E-state index in [9.17, 15) is 18.3 Å². The molecule has 7 heteroatoms. The van der Waals surface area contributed by atoms with Crippen molar-refractivity contribution in [3.63, 3.8) is 0 Å². The van der Waals surface area contributed by atoms with Gasteiger partial charge >= 0.3 is 6.18 Å². The van der Waals surface area contributed by atoms with E-state index in [4.69, 9.17) is 11.6 Å². The summed E-state index contributed by atoms with van der Waals surface area (Å²) in [4.78, 5) is 4.55. The van der Waals surface area contributed by atoms with Crippen molar-refractivity contribution < 1.29 is 18.3 Å². The van der Waals surface area contributed by atoms with E-state index < -0.39 is 17.8 Å². The molecule has 3 rings (SSSR count). The predicted molar refractivity (Wildman–Crippen MR) is 104 cm³/mol. The van der Waals surface area contributed by atoms with Crippen molar-refractivity contribution in [3.05, 3.63) is 70.2 Å². The second kappa shape index (κ2) is 9.27. The summed E-state index contributed by atoms with van der Waals surface area (Å²) in [6, 6.07) is 12.9. The number of aliphatic hydroxyl groups is 1. The molecule has 0 radical (unpaired) electrons. The van der Waals surface area contributed by atoms with Crippen LogP contribution in [0.15, 0.2) is 48.5 Å². The highest BCUT2D eigenvalue weighted by molar-refractivity contribution is 6.30. The van der Waals surface area contributed by atoms with E-state index in [1.54, 1.807) is 0 Å². The number of aliphatic hydroxyl groups excluding tert-OH is 1. The standard InChI is InChI=1S/C21H24ClF3N2O/c22-19-3-1-2-17(12-19)14-26-8-10-27(11-9-26)15-20(28)13-16-4-6-18(7-5-16)21(23,24)25/h1-7,12,20,28H,8-11,13-15H2/t20-/m0/s1. The van der Waals surface area contributed by atoms with Crippen LogP contribution >= 0.6 is 11.6 Å². The van der Waals surface area contributed by atoms with Crippen LogP contribution in [0.5, 0.6) is 0 Å². The molecule has 1 aliphatic rings. The first-order valence-electron chi connectivity index (χ1n) is 9.33. The quantitative estimate of drug-likeness (QED) is 0.774. The Morgan fingerprint density at radius 3 is 2.18 bits per heavy atom. The molecular formula is C21H24ClF3N2O. The number of benzene rings is 2. The zero-order valence-corrected chi connectivity index (χ0v) is 16.3. The minimum absolute atomic E-state index is 0.348. The first-order chi connectivity index (χ1) is 13.3. The lowest BCUT2D eigenvalue weighted by Crippen LogP contribution is -2.48. The van der Waals surface area contributed by atoms with Crippen molar-refractivity contribution >= 4 is 11.6 Å². The fourth-order valence-corrected chi connectivity index (χ4v) is 3.70. The van der Waals surface area contributed by atoms with E-state index in [1.807, 2.05) is 18.2 Å². The molecule has 1 N–H and O–H groups in total. The molecular weight excluding hydrogens is 389 g/mol. The van der Waals surface area contributed by atoms with E-state index in [1.165, 1.54) is 17.7 Å². The number of hydrogen-bond donors (Lipinski definition) is 1. The number of hydrogen-bond acceptors (Lipinski definition) is 3. The van der Waals surface area contributed by atoms with Gasteiger partial charge < -0.3 is 5.11 Å². The van der Waals surface area contributed by atoms with Crippen molar-refractivity contribution in [2.75, 3.05) is 32.7 Å². The highest BCUT2D eigenvalue weighted by atomic mass is 35.5. The summed E-state index contributed by atoms with van der Waals surface area (Å²) in [7, 11) is 0. The summed E-state index contributed by atoms with van der Waals surface area (Å²) in [6.07, 6.45) is -4.58. The maximum absolute atomic E-state index is 12.6. The van der Waals surface area contributed by atoms with Crippen LogP contribution < -0.4 is 0 Å². The Morgan fingerprint density at radius 2 is 1.57 bits per heavy atom. The average Bonchev–Trinajstić information content (AvgIpc) is 2.63. The van der Waals surface area contributed by atoms with Gasteiger partial charge in [0.25, 0.3) is 0 Å². The van der Waals surface area contributed by atoms with Gasteiger partial charge in [-0.25, -0.2) is 0 Å².